The van der Waals surface area contributed by atoms with E-state index in [4.69, 9.17) is 9.73 Å². The zero-order valence-corrected chi connectivity index (χ0v) is 18.5. The number of phenolic OH excluding ortho intramolecular Hbond substituents is 1. The van der Waals surface area contributed by atoms with Crippen LogP contribution in [0.3, 0.4) is 0 Å². The highest BCUT2D eigenvalue weighted by Gasteiger charge is 2.22. The van der Waals surface area contributed by atoms with Crippen molar-refractivity contribution in [2.75, 3.05) is 39.8 Å². The summed E-state index contributed by atoms with van der Waals surface area (Å²) in [4.78, 5) is 7.27. The number of guanidine groups is 1. The molecule has 0 bridgehead atoms. The van der Waals surface area contributed by atoms with Gasteiger partial charge >= 0.3 is 0 Å². The van der Waals surface area contributed by atoms with Crippen molar-refractivity contribution in [1.82, 2.24) is 15.5 Å². The van der Waals surface area contributed by atoms with Gasteiger partial charge < -0.3 is 20.5 Å². The summed E-state index contributed by atoms with van der Waals surface area (Å²) >= 11 is 0. The first kappa shape index (κ1) is 22.8. The van der Waals surface area contributed by atoms with E-state index >= 15 is 0 Å². The first-order chi connectivity index (χ1) is 12.2. The number of nitrogens with zero attached hydrogens (tertiary/aromatic N) is 2. The van der Waals surface area contributed by atoms with Crippen molar-refractivity contribution in [3.8, 4) is 11.5 Å². The highest BCUT2D eigenvalue weighted by Crippen LogP contribution is 2.26. The fraction of sp³-hybridized carbons (Fsp3) is 0.632. The van der Waals surface area contributed by atoms with Gasteiger partial charge in [0, 0.05) is 19.1 Å². The van der Waals surface area contributed by atoms with Gasteiger partial charge in [0.15, 0.2) is 17.5 Å². The van der Waals surface area contributed by atoms with Crippen LogP contribution in [0.4, 0.5) is 0 Å². The molecule has 6 nitrogen and oxygen atoms in total. The van der Waals surface area contributed by atoms with Crippen LogP contribution in [0.15, 0.2) is 23.2 Å². The zero-order chi connectivity index (χ0) is 18.1. The summed E-state index contributed by atoms with van der Waals surface area (Å²) in [6.45, 7) is 9.07. The number of phenols is 1. The Morgan fingerprint density at radius 3 is 2.85 bits per heavy atom. The topological polar surface area (TPSA) is 69.1 Å². The van der Waals surface area contributed by atoms with E-state index in [0.717, 1.165) is 44.1 Å². The fourth-order valence-corrected chi connectivity index (χ4v) is 3.26. The Hall–Kier alpha value is -1.22. The number of benzene rings is 1. The second kappa shape index (κ2) is 12.2. The molecule has 1 unspecified atom stereocenters. The second-order valence-corrected chi connectivity index (χ2v) is 6.33. The molecule has 1 aliphatic heterocycles. The molecule has 1 aromatic rings. The van der Waals surface area contributed by atoms with Crippen LogP contribution in [0.25, 0.3) is 0 Å². The van der Waals surface area contributed by atoms with Crippen LogP contribution in [-0.4, -0.2) is 61.8 Å². The summed E-state index contributed by atoms with van der Waals surface area (Å²) < 4.78 is 5.16. The van der Waals surface area contributed by atoms with E-state index in [1.54, 1.807) is 13.2 Å². The minimum absolute atomic E-state index is 0. The quantitative estimate of drug-likeness (QED) is 0.306. The van der Waals surface area contributed by atoms with Crippen LogP contribution in [0.1, 0.15) is 32.3 Å². The monoisotopic (exact) mass is 476 g/mol. The number of aromatic hydroxyl groups is 1. The number of ether oxygens (including phenoxy) is 1. The third kappa shape index (κ3) is 6.83. The molecule has 148 valence electrons. The van der Waals surface area contributed by atoms with Gasteiger partial charge in [-0.25, -0.2) is 0 Å². The Balaban J connectivity index is 0.00000338. The van der Waals surface area contributed by atoms with E-state index in [9.17, 15) is 5.11 Å². The molecule has 1 aromatic carbocycles. The molecule has 7 heteroatoms. The summed E-state index contributed by atoms with van der Waals surface area (Å²) in [6, 6.07) is 6.04. The maximum Gasteiger partial charge on any atom is 0.191 e. The molecule has 1 atom stereocenters. The molecule has 1 fully saturated rings. The average Bonchev–Trinajstić information content (AvgIpc) is 3.08. The molecule has 0 saturated carbocycles. The molecular formula is C19H33IN4O2. The SMILES string of the molecule is CCNC(=NCC1CCCN1CC)NCCc1ccc(O)c(OC)c1.I. The van der Waals surface area contributed by atoms with Crippen LogP contribution in [-0.2, 0) is 6.42 Å². The molecule has 1 aliphatic rings. The number of halogens is 1. The average molecular weight is 476 g/mol. The predicted molar refractivity (Wildman–Crippen MR) is 118 cm³/mol. The molecule has 0 aromatic heterocycles. The second-order valence-electron chi connectivity index (χ2n) is 6.33. The number of hydrogen-bond acceptors (Lipinski definition) is 4. The van der Waals surface area contributed by atoms with Crippen LogP contribution in [0.2, 0.25) is 0 Å². The molecular weight excluding hydrogens is 443 g/mol. The number of hydrogen-bond donors (Lipinski definition) is 3. The molecule has 0 amide bonds. The number of nitrogens with one attached hydrogen (secondary N) is 2. The molecule has 26 heavy (non-hydrogen) atoms. The molecule has 0 radical (unpaired) electrons. The highest BCUT2D eigenvalue weighted by molar-refractivity contribution is 14.0. The van der Waals surface area contributed by atoms with Gasteiger partial charge in [-0.15, -0.1) is 24.0 Å². The van der Waals surface area contributed by atoms with Crippen molar-refractivity contribution >= 4 is 29.9 Å². The Morgan fingerprint density at radius 2 is 2.15 bits per heavy atom. The molecule has 1 saturated heterocycles. The lowest BCUT2D eigenvalue weighted by Gasteiger charge is -2.21. The smallest absolute Gasteiger partial charge is 0.191 e. The maximum absolute atomic E-state index is 9.66. The minimum Gasteiger partial charge on any atom is -0.504 e. The lowest BCUT2D eigenvalue weighted by molar-refractivity contribution is 0.273. The van der Waals surface area contributed by atoms with E-state index < -0.39 is 0 Å². The van der Waals surface area contributed by atoms with Gasteiger partial charge in [-0.05, 0) is 57.0 Å². The maximum atomic E-state index is 9.66. The fourth-order valence-electron chi connectivity index (χ4n) is 3.26. The highest BCUT2D eigenvalue weighted by atomic mass is 127. The van der Waals surface area contributed by atoms with E-state index in [2.05, 4.69) is 29.4 Å². The van der Waals surface area contributed by atoms with Crippen molar-refractivity contribution < 1.29 is 9.84 Å². The van der Waals surface area contributed by atoms with Gasteiger partial charge in [-0.1, -0.05) is 13.0 Å². The third-order valence-corrected chi connectivity index (χ3v) is 4.66. The van der Waals surface area contributed by atoms with Gasteiger partial charge in [-0.3, -0.25) is 9.89 Å². The van der Waals surface area contributed by atoms with Crippen molar-refractivity contribution in [3.05, 3.63) is 23.8 Å². The molecule has 0 spiro atoms. The van der Waals surface area contributed by atoms with Gasteiger partial charge in [0.25, 0.3) is 0 Å². The largest absolute Gasteiger partial charge is 0.504 e. The van der Waals surface area contributed by atoms with Crippen LogP contribution >= 0.6 is 24.0 Å². The number of aliphatic imine (C=N–C) groups is 1. The van der Waals surface area contributed by atoms with Crippen molar-refractivity contribution in [1.29, 1.82) is 0 Å². The summed E-state index contributed by atoms with van der Waals surface area (Å²) in [5, 5.41) is 16.4. The van der Waals surface area contributed by atoms with Gasteiger partial charge in [0.1, 0.15) is 0 Å². The van der Waals surface area contributed by atoms with E-state index in [-0.39, 0.29) is 29.7 Å². The van der Waals surface area contributed by atoms with Crippen LogP contribution < -0.4 is 15.4 Å². The first-order valence-electron chi connectivity index (χ1n) is 9.30. The first-order valence-corrected chi connectivity index (χ1v) is 9.30. The summed E-state index contributed by atoms with van der Waals surface area (Å²) in [5.41, 5.74) is 1.12. The normalized spacial score (nSPS) is 17.7. The third-order valence-electron chi connectivity index (χ3n) is 4.66. The van der Waals surface area contributed by atoms with Crippen molar-refractivity contribution in [3.63, 3.8) is 0 Å². The van der Waals surface area contributed by atoms with E-state index in [1.807, 2.05) is 12.1 Å². The number of likely N-dealkylation sites (N-methyl/N-ethyl adjacent to an activating group) is 1. The Kier molecular flexibility index (Phi) is 10.7. The van der Waals surface area contributed by atoms with Gasteiger partial charge in [-0.2, -0.15) is 0 Å². The van der Waals surface area contributed by atoms with Crippen molar-refractivity contribution in [2.24, 2.45) is 4.99 Å². The number of methoxy groups -OCH3 is 1. The Morgan fingerprint density at radius 1 is 1.35 bits per heavy atom. The summed E-state index contributed by atoms with van der Waals surface area (Å²) in [7, 11) is 1.57. The zero-order valence-electron chi connectivity index (χ0n) is 16.1. The van der Waals surface area contributed by atoms with Gasteiger partial charge in [0.2, 0.25) is 0 Å². The standard InChI is InChI=1S/C19H32N4O2.HI/c1-4-20-19(22-14-16-7-6-12-23(16)5-2)21-11-10-15-8-9-17(24)18(13-15)25-3;/h8-9,13,16,24H,4-7,10-12,14H2,1-3H3,(H2,20,21,22);1H. The molecule has 1 heterocycles. The lowest BCUT2D eigenvalue weighted by Crippen LogP contribution is -2.40. The number of rotatable bonds is 8. The number of likely N-dealkylation sites (tertiary alicyclic amines) is 1. The van der Waals surface area contributed by atoms with Crippen molar-refractivity contribution in [2.45, 2.75) is 39.2 Å². The molecule has 2 rings (SSSR count). The van der Waals surface area contributed by atoms with Crippen LogP contribution in [0.5, 0.6) is 11.5 Å². The Bertz CT molecular complexity index is 568. The van der Waals surface area contributed by atoms with E-state index in [0.29, 0.717) is 11.8 Å². The van der Waals surface area contributed by atoms with Crippen LogP contribution in [0, 0.1) is 0 Å². The summed E-state index contributed by atoms with van der Waals surface area (Å²) in [5.74, 6) is 1.56. The van der Waals surface area contributed by atoms with Gasteiger partial charge in [0.05, 0.1) is 13.7 Å². The summed E-state index contributed by atoms with van der Waals surface area (Å²) in [6.07, 6.45) is 3.36. The van der Waals surface area contributed by atoms with E-state index in [1.165, 1.54) is 19.4 Å². The molecule has 3 N–H and O–H groups in total. The molecule has 0 aliphatic carbocycles. The lowest BCUT2D eigenvalue weighted by atomic mass is 10.1. The minimum atomic E-state index is 0. The predicted octanol–water partition coefficient (Wildman–Crippen LogP) is 2.60. The Labute approximate surface area is 174 Å².